The quantitative estimate of drug-likeness (QED) is 0.134. The molecule has 0 spiro atoms. The predicted octanol–water partition coefficient (Wildman–Crippen LogP) is 8.10. The molecule has 0 radical (unpaired) electrons. The molecule has 192 valence electrons. The Morgan fingerprint density at radius 1 is 0.944 bits per heavy atom. The van der Waals surface area contributed by atoms with Crippen LogP contribution in [-0.4, -0.2) is 14.9 Å². The second-order valence-corrected chi connectivity index (χ2v) is 15.3. The molecular formula is C33H44O2Si. The smallest absolute Gasteiger partial charge is 0.261 e. The van der Waals surface area contributed by atoms with Crippen LogP contribution in [0.4, 0.5) is 0 Å². The Kier molecular flexibility index (Phi) is 10.6. The van der Waals surface area contributed by atoms with Gasteiger partial charge in [0.05, 0.1) is 12.5 Å². The van der Waals surface area contributed by atoms with E-state index < -0.39 is 8.32 Å². The lowest BCUT2D eigenvalue weighted by Gasteiger charge is -2.43. The van der Waals surface area contributed by atoms with E-state index >= 15 is 0 Å². The molecule has 0 amide bonds. The van der Waals surface area contributed by atoms with E-state index in [1.165, 1.54) is 21.5 Å². The van der Waals surface area contributed by atoms with Crippen molar-refractivity contribution in [2.45, 2.75) is 71.8 Å². The number of hydrogen-bond donors (Lipinski definition) is 0. The van der Waals surface area contributed by atoms with Gasteiger partial charge in [0.15, 0.2) is 0 Å². The van der Waals surface area contributed by atoms with Crippen molar-refractivity contribution in [2.24, 2.45) is 5.92 Å². The third-order valence-electron chi connectivity index (χ3n) is 6.98. The van der Waals surface area contributed by atoms with Crippen LogP contribution in [0, 0.1) is 5.92 Å². The zero-order valence-corrected chi connectivity index (χ0v) is 23.9. The van der Waals surface area contributed by atoms with Gasteiger partial charge >= 0.3 is 0 Å². The minimum Gasteiger partial charge on any atom is -0.472 e. The fourth-order valence-electron chi connectivity index (χ4n) is 4.99. The lowest BCUT2D eigenvalue weighted by Crippen LogP contribution is -2.66. The molecule has 0 saturated carbocycles. The molecule has 0 unspecified atom stereocenters. The standard InChI is InChI=1S/C33H44O2Si/c1-28(17-13-19-30-24-26-34-27-30)15-12-16-29(2)18-14-25-35-36(33(3,4)5,31-20-8-6-9-21-31)32-22-10-7-11-23-32/h6-12,15-16,20-24,26-27,29H,13-14,17-19,25H2,1-5H3/t29-/m1/s1. The van der Waals surface area contributed by atoms with E-state index in [0.29, 0.717) is 5.92 Å². The van der Waals surface area contributed by atoms with Gasteiger partial charge < -0.3 is 8.84 Å². The predicted molar refractivity (Wildman–Crippen MR) is 157 cm³/mol. The van der Waals surface area contributed by atoms with Crippen molar-refractivity contribution in [1.29, 1.82) is 0 Å². The number of hydrogen-bond acceptors (Lipinski definition) is 2. The third-order valence-corrected chi connectivity index (χ3v) is 12.0. The number of furan rings is 1. The van der Waals surface area contributed by atoms with Gasteiger partial charge in [0.25, 0.3) is 8.32 Å². The molecule has 2 aromatic carbocycles. The first-order valence-corrected chi connectivity index (χ1v) is 15.3. The van der Waals surface area contributed by atoms with Crippen molar-refractivity contribution < 1.29 is 8.84 Å². The number of rotatable bonds is 13. The maximum atomic E-state index is 7.03. The van der Waals surface area contributed by atoms with Gasteiger partial charge in [0.2, 0.25) is 0 Å². The second-order valence-electron chi connectivity index (χ2n) is 11.0. The zero-order valence-electron chi connectivity index (χ0n) is 22.9. The summed E-state index contributed by atoms with van der Waals surface area (Å²) >= 11 is 0. The van der Waals surface area contributed by atoms with Crippen LogP contribution in [-0.2, 0) is 10.8 Å². The van der Waals surface area contributed by atoms with Crippen molar-refractivity contribution in [2.75, 3.05) is 6.61 Å². The van der Waals surface area contributed by atoms with Crippen molar-refractivity contribution in [3.8, 4) is 0 Å². The van der Waals surface area contributed by atoms with Crippen molar-refractivity contribution >= 4 is 18.7 Å². The van der Waals surface area contributed by atoms with E-state index in [4.69, 9.17) is 8.84 Å². The van der Waals surface area contributed by atoms with Gasteiger partial charge in [-0.05, 0) is 72.0 Å². The first-order valence-electron chi connectivity index (χ1n) is 13.4. The minimum absolute atomic E-state index is 0.0289. The van der Waals surface area contributed by atoms with Gasteiger partial charge in [-0.2, -0.15) is 0 Å². The molecule has 0 aliphatic carbocycles. The summed E-state index contributed by atoms with van der Waals surface area (Å²) in [6.07, 6.45) is 16.0. The average Bonchev–Trinajstić information content (AvgIpc) is 3.38. The first kappa shape index (κ1) is 28.0. The lowest BCUT2D eigenvalue weighted by molar-refractivity contribution is 0.283. The van der Waals surface area contributed by atoms with Gasteiger partial charge in [-0.25, -0.2) is 0 Å². The van der Waals surface area contributed by atoms with Crippen LogP contribution in [0.5, 0.6) is 0 Å². The lowest BCUT2D eigenvalue weighted by atomic mass is 10.0. The van der Waals surface area contributed by atoms with Crippen LogP contribution in [0.3, 0.4) is 0 Å². The van der Waals surface area contributed by atoms with Crippen LogP contribution in [0.25, 0.3) is 0 Å². The molecule has 1 atom stereocenters. The van der Waals surface area contributed by atoms with Gasteiger partial charge in [0, 0.05) is 6.61 Å². The molecule has 3 rings (SSSR count). The van der Waals surface area contributed by atoms with Gasteiger partial charge in [0.1, 0.15) is 0 Å². The molecule has 36 heavy (non-hydrogen) atoms. The van der Waals surface area contributed by atoms with Crippen molar-refractivity contribution in [1.82, 2.24) is 0 Å². The fourth-order valence-corrected chi connectivity index (χ4v) is 9.59. The highest BCUT2D eigenvalue weighted by molar-refractivity contribution is 6.99. The molecule has 3 heteroatoms. The summed E-state index contributed by atoms with van der Waals surface area (Å²) < 4.78 is 12.2. The summed E-state index contributed by atoms with van der Waals surface area (Å²) in [6.45, 7) is 12.3. The van der Waals surface area contributed by atoms with E-state index in [0.717, 1.165) is 38.7 Å². The molecule has 3 aromatic rings. The Morgan fingerprint density at radius 3 is 2.14 bits per heavy atom. The SMILES string of the molecule is CC(=CC=C[C@@H](C)CCCO[Si](c1ccccc1)(c1ccccc1)C(C)(C)C)CCCc1ccoc1. The number of benzene rings is 2. The molecule has 0 N–H and O–H groups in total. The summed E-state index contributed by atoms with van der Waals surface area (Å²) in [7, 11) is -2.43. The molecule has 2 nitrogen and oxygen atoms in total. The second kappa shape index (κ2) is 13.6. The number of allylic oxidation sites excluding steroid dienone is 4. The number of aryl methyl sites for hydroxylation is 1. The van der Waals surface area contributed by atoms with E-state index in [9.17, 15) is 0 Å². The van der Waals surface area contributed by atoms with Crippen molar-refractivity contribution in [3.63, 3.8) is 0 Å². The summed E-state index contributed by atoms with van der Waals surface area (Å²) in [5.74, 6) is 0.530. The van der Waals surface area contributed by atoms with Gasteiger partial charge in [-0.3, -0.25) is 0 Å². The van der Waals surface area contributed by atoms with Crippen molar-refractivity contribution in [3.05, 3.63) is 109 Å². The largest absolute Gasteiger partial charge is 0.472 e. The van der Waals surface area contributed by atoms with E-state index in [1.54, 1.807) is 6.26 Å². The minimum atomic E-state index is -2.43. The topological polar surface area (TPSA) is 22.4 Å². The monoisotopic (exact) mass is 500 g/mol. The summed E-state index contributed by atoms with van der Waals surface area (Å²) in [4.78, 5) is 0. The Bertz CT molecular complexity index is 1020. The fraction of sp³-hybridized carbons (Fsp3) is 0.394. The zero-order chi connectivity index (χ0) is 25.9. The van der Waals surface area contributed by atoms with Crippen LogP contribution < -0.4 is 10.4 Å². The van der Waals surface area contributed by atoms with E-state index in [-0.39, 0.29) is 5.04 Å². The van der Waals surface area contributed by atoms with Crippen LogP contribution in [0.2, 0.25) is 5.04 Å². The average molecular weight is 501 g/mol. The normalized spacial score (nSPS) is 13.9. The molecule has 0 bridgehead atoms. The summed E-state index contributed by atoms with van der Waals surface area (Å²) in [5, 5.41) is 2.73. The van der Waals surface area contributed by atoms with Crippen LogP contribution in [0.1, 0.15) is 65.9 Å². The highest BCUT2D eigenvalue weighted by Gasteiger charge is 2.49. The molecule has 0 fully saturated rings. The van der Waals surface area contributed by atoms with Gasteiger partial charge in [-0.15, -0.1) is 0 Å². The Hall–Kier alpha value is -2.62. The van der Waals surface area contributed by atoms with E-state index in [1.807, 2.05) is 6.26 Å². The Balaban J connectivity index is 1.55. The Labute approximate surface area is 220 Å². The maximum absolute atomic E-state index is 7.03. The summed E-state index contributed by atoms with van der Waals surface area (Å²) in [5.41, 5.74) is 2.71. The molecule has 1 heterocycles. The third kappa shape index (κ3) is 7.69. The van der Waals surface area contributed by atoms with Gasteiger partial charge in [-0.1, -0.05) is 112 Å². The summed E-state index contributed by atoms with van der Waals surface area (Å²) in [6, 6.07) is 23.9. The molecule has 0 aliphatic rings. The van der Waals surface area contributed by atoms with Crippen LogP contribution >= 0.6 is 0 Å². The first-order chi connectivity index (χ1) is 17.3. The Morgan fingerprint density at radius 2 is 1.58 bits per heavy atom. The van der Waals surface area contributed by atoms with E-state index in [2.05, 4.69) is 120 Å². The highest BCUT2D eigenvalue weighted by Crippen LogP contribution is 2.36. The molecule has 0 saturated heterocycles. The molecule has 1 aromatic heterocycles. The maximum Gasteiger partial charge on any atom is 0.261 e. The molecular weight excluding hydrogens is 456 g/mol. The molecule has 0 aliphatic heterocycles. The highest BCUT2D eigenvalue weighted by atomic mass is 28.4. The van der Waals surface area contributed by atoms with Crippen LogP contribution in [0.15, 0.2) is 107 Å².